The molecule has 0 fully saturated rings. The van der Waals surface area contributed by atoms with Crippen LogP contribution in [0.15, 0.2) is 36.4 Å². The third-order valence-electron chi connectivity index (χ3n) is 2.29. The molecule has 3 aromatic rings. The van der Waals surface area contributed by atoms with Gasteiger partial charge in [-0.25, -0.2) is 0 Å². The zero-order valence-corrected chi connectivity index (χ0v) is 13.2. The van der Waals surface area contributed by atoms with Crippen molar-refractivity contribution in [3.63, 3.8) is 0 Å². The van der Waals surface area contributed by atoms with E-state index in [-0.39, 0.29) is 40.8 Å². The Morgan fingerprint density at radius 1 is 0.800 bits per heavy atom. The van der Waals surface area contributed by atoms with Crippen molar-refractivity contribution in [3.8, 4) is 0 Å². The van der Waals surface area contributed by atoms with E-state index in [2.05, 4.69) is 29.2 Å². The van der Waals surface area contributed by atoms with Gasteiger partial charge in [-0.15, -0.1) is 10.8 Å². The van der Waals surface area contributed by atoms with Crippen LogP contribution in [-0.2, 0) is 40.8 Å². The molecule has 0 spiro atoms. The van der Waals surface area contributed by atoms with Crippen molar-refractivity contribution >= 4 is 21.8 Å². The van der Waals surface area contributed by atoms with Gasteiger partial charge in [0.25, 0.3) is 0 Å². The van der Waals surface area contributed by atoms with E-state index in [9.17, 15) is 0 Å². The topological polar surface area (TPSA) is 15.8 Å². The molecule has 3 heteroatoms. The molecule has 15 heavy (non-hydrogen) atoms. The minimum atomic E-state index is 0. The van der Waals surface area contributed by atoms with E-state index in [0.29, 0.717) is 0 Å². The molecular weight excluding hydrogens is 531 g/mol. The van der Waals surface area contributed by atoms with Crippen molar-refractivity contribution in [2.45, 2.75) is 0 Å². The summed E-state index contributed by atoms with van der Waals surface area (Å²) in [5.41, 5.74) is 2.27. The van der Waals surface area contributed by atoms with E-state index in [1.54, 1.807) is 0 Å². The molecular formula is C12H7NRe2-2. The van der Waals surface area contributed by atoms with Crippen LogP contribution in [0.4, 0.5) is 0 Å². The molecule has 0 saturated heterocycles. The fourth-order valence-electron chi connectivity index (χ4n) is 1.68. The Morgan fingerprint density at radius 3 is 1.73 bits per heavy atom. The van der Waals surface area contributed by atoms with Gasteiger partial charge in [-0.2, -0.15) is 48.5 Å². The Morgan fingerprint density at radius 2 is 1.27 bits per heavy atom. The van der Waals surface area contributed by atoms with E-state index in [4.69, 9.17) is 0 Å². The van der Waals surface area contributed by atoms with Crippen LogP contribution in [0.3, 0.4) is 0 Å². The maximum absolute atomic E-state index is 3.32. The van der Waals surface area contributed by atoms with Crippen LogP contribution in [-0.4, -0.2) is 4.98 Å². The Kier molecular flexibility index (Phi) is 4.26. The van der Waals surface area contributed by atoms with E-state index in [0.717, 1.165) is 11.0 Å². The first-order chi connectivity index (χ1) is 6.45. The first-order valence-corrected chi connectivity index (χ1v) is 4.23. The molecule has 1 heterocycles. The number of hydrogen-bond donors (Lipinski definition) is 1. The second-order valence-corrected chi connectivity index (χ2v) is 3.07. The van der Waals surface area contributed by atoms with Crippen molar-refractivity contribution < 1.29 is 40.8 Å². The molecule has 0 aliphatic carbocycles. The van der Waals surface area contributed by atoms with Crippen LogP contribution in [0.5, 0.6) is 0 Å². The molecule has 0 aliphatic heterocycles. The van der Waals surface area contributed by atoms with Crippen molar-refractivity contribution in [3.05, 3.63) is 48.5 Å². The molecule has 0 atom stereocenters. The maximum atomic E-state index is 3.32. The second kappa shape index (κ2) is 5.06. The summed E-state index contributed by atoms with van der Waals surface area (Å²) in [6.45, 7) is 0. The number of aromatic nitrogens is 1. The van der Waals surface area contributed by atoms with Crippen molar-refractivity contribution in [2.75, 3.05) is 0 Å². The maximum Gasteiger partial charge on any atom is 0 e. The van der Waals surface area contributed by atoms with Crippen LogP contribution >= 0.6 is 0 Å². The Labute approximate surface area is 116 Å². The normalized spacial score (nSPS) is 9.60. The summed E-state index contributed by atoms with van der Waals surface area (Å²) >= 11 is 0. The van der Waals surface area contributed by atoms with Crippen molar-refractivity contribution in [2.24, 2.45) is 0 Å². The number of rotatable bonds is 0. The van der Waals surface area contributed by atoms with Gasteiger partial charge in [0.1, 0.15) is 0 Å². The number of hydrogen-bond acceptors (Lipinski definition) is 0. The summed E-state index contributed by atoms with van der Waals surface area (Å²) in [6, 6.07) is 18.1. The predicted octanol–water partition coefficient (Wildman–Crippen LogP) is 2.92. The van der Waals surface area contributed by atoms with Crippen LogP contribution < -0.4 is 0 Å². The largest absolute Gasteiger partial charge is 0.461 e. The third-order valence-corrected chi connectivity index (χ3v) is 2.29. The molecule has 0 saturated carbocycles. The summed E-state index contributed by atoms with van der Waals surface area (Å²) in [7, 11) is 0. The molecule has 76 valence electrons. The van der Waals surface area contributed by atoms with Crippen LogP contribution in [0.25, 0.3) is 21.8 Å². The summed E-state index contributed by atoms with van der Waals surface area (Å²) in [5.74, 6) is 0. The van der Waals surface area contributed by atoms with Gasteiger partial charge in [-0.05, 0) is 0 Å². The standard InChI is InChI=1S/C12H7N.2Re/c1-3-7-11-9(5-1)10-6-2-4-8-12(10)13-11;;/h1-2,5-8,13H;;/q-2;;. The Hall–Kier alpha value is -0.435. The molecule has 0 aliphatic rings. The molecule has 2 aromatic carbocycles. The number of H-pyrrole nitrogens is 1. The van der Waals surface area contributed by atoms with E-state index in [1.807, 2.05) is 24.3 Å². The summed E-state index contributed by atoms with van der Waals surface area (Å²) < 4.78 is 0. The fourth-order valence-corrected chi connectivity index (χ4v) is 1.68. The minimum absolute atomic E-state index is 0. The molecule has 3 rings (SSSR count). The van der Waals surface area contributed by atoms with Gasteiger partial charge in [-0.1, -0.05) is 11.0 Å². The molecule has 1 N–H and O–H groups in total. The number of aromatic amines is 1. The zero-order chi connectivity index (χ0) is 8.67. The molecule has 1 aromatic heterocycles. The molecule has 2 radical (unpaired) electrons. The van der Waals surface area contributed by atoms with Gasteiger partial charge in [0, 0.05) is 40.8 Å². The van der Waals surface area contributed by atoms with E-state index >= 15 is 0 Å². The van der Waals surface area contributed by atoms with Crippen LogP contribution in [0, 0.1) is 12.1 Å². The average molecular weight is 538 g/mol. The average Bonchev–Trinajstić information content (AvgIpc) is 2.56. The molecule has 1 nitrogen and oxygen atoms in total. The van der Waals surface area contributed by atoms with Crippen molar-refractivity contribution in [1.29, 1.82) is 0 Å². The van der Waals surface area contributed by atoms with E-state index in [1.165, 1.54) is 10.8 Å². The van der Waals surface area contributed by atoms with Gasteiger partial charge in [0.05, 0.1) is 0 Å². The second-order valence-electron chi connectivity index (χ2n) is 3.07. The molecule has 0 amide bonds. The van der Waals surface area contributed by atoms with Crippen LogP contribution in [0.2, 0.25) is 0 Å². The number of benzene rings is 2. The fraction of sp³-hybridized carbons (Fsp3) is 0. The SMILES string of the molecule is [Re].[Re].[c-]1ccc2c(c1)[nH]c1c[c-]ccc12. The zero-order valence-electron chi connectivity index (χ0n) is 7.72. The quantitative estimate of drug-likeness (QED) is 0.425. The van der Waals surface area contributed by atoms with Gasteiger partial charge < -0.3 is 4.98 Å². The Balaban J connectivity index is 0.000000562. The van der Waals surface area contributed by atoms with Crippen LogP contribution in [0.1, 0.15) is 0 Å². The van der Waals surface area contributed by atoms with Gasteiger partial charge in [-0.3, -0.25) is 0 Å². The smallest absolute Gasteiger partial charge is 0 e. The third kappa shape index (κ3) is 2.08. The first kappa shape index (κ1) is 12.6. The van der Waals surface area contributed by atoms with Gasteiger partial charge in [0.15, 0.2) is 0 Å². The summed E-state index contributed by atoms with van der Waals surface area (Å²) in [6.07, 6.45) is 0. The minimum Gasteiger partial charge on any atom is -0.461 e. The summed E-state index contributed by atoms with van der Waals surface area (Å²) in [5, 5.41) is 2.51. The van der Waals surface area contributed by atoms with E-state index < -0.39 is 0 Å². The van der Waals surface area contributed by atoms with Crippen molar-refractivity contribution in [1.82, 2.24) is 4.98 Å². The monoisotopic (exact) mass is 539 g/mol. The number of fused-ring (bicyclic) bond motifs is 3. The molecule has 0 bridgehead atoms. The summed E-state index contributed by atoms with van der Waals surface area (Å²) in [4.78, 5) is 3.32. The molecule has 0 unspecified atom stereocenters. The first-order valence-electron chi connectivity index (χ1n) is 4.23. The van der Waals surface area contributed by atoms with Gasteiger partial charge >= 0.3 is 0 Å². The van der Waals surface area contributed by atoms with Gasteiger partial charge in [0.2, 0.25) is 0 Å². The predicted molar refractivity (Wildman–Crippen MR) is 53.5 cm³/mol. The Bertz CT molecular complexity index is 521. The number of nitrogens with one attached hydrogen (secondary N) is 1.